The lowest BCUT2D eigenvalue weighted by molar-refractivity contribution is 0.979. The predicted octanol–water partition coefficient (Wildman–Crippen LogP) is 1.30. The molecule has 0 radical (unpaired) electrons. The molecule has 0 aliphatic carbocycles. The van der Waals surface area contributed by atoms with E-state index in [4.69, 9.17) is 0 Å². The highest BCUT2D eigenvalue weighted by atomic mass is 32.1. The van der Waals surface area contributed by atoms with E-state index in [2.05, 4.69) is 19.9 Å². The Balaban J connectivity index is 2.07. The lowest BCUT2D eigenvalue weighted by atomic mass is 10.3. The summed E-state index contributed by atoms with van der Waals surface area (Å²) < 4.78 is 0. The van der Waals surface area contributed by atoms with Gasteiger partial charge >= 0.3 is 0 Å². The molecule has 3 aromatic heterocycles. The number of aromatic amines is 2. The summed E-state index contributed by atoms with van der Waals surface area (Å²) in [6, 6.07) is 3.99. The molecule has 3 rings (SSSR count). The van der Waals surface area contributed by atoms with E-state index in [-0.39, 0.29) is 5.56 Å². The van der Waals surface area contributed by atoms with Crippen molar-refractivity contribution in [3.05, 3.63) is 44.9 Å². The lowest BCUT2D eigenvalue weighted by Gasteiger charge is -1.97. The number of nitrogens with zero attached hydrogens (tertiary/aromatic N) is 2. The van der Waals surface area contributed by atoms with Gasteiger partial charge in [0.25, 0.3) is 5.56 Å². The SMILES string of the molecule is O=c1[nH]c(Cc2cccs2)nc2nc[nH]c12. The van der Waals surface area contributed by atoms with Crippen molar-refractivity contribution >= 4 is 22.5 Å². The molecule has 2 N–H and O–H groups in total. The third kappa shape index (κ3) is 1.53. The normalized spacial score (nSPS) is 11.0. The minimum Gasteiger partial charge on any atom is -0.339 e. The summed E-state index contributed by atoms with van der Waals surface area (Å²) in [5, 5.41) is 2.00. The number of hydrogen-bond acceptors (Lipinski definition) is 4. The third-order valence-electron chi connectivity index (χ3n) is 2.27. The Kier molecular flexibility index (Phi) is 2.07. The monoisotopic (exact) mass is 232 g/mol. The summed E-state index contributed by atoms with van der Waals surface area (Å²) in [5.41, 5.74) is 0.722. The van der Waals surface area contributed by atoms with Crippen LogP contribution in [0.5, 0.6) is 0 Å². The van der Waals surface area contributed by atoms with Crippen molar-refractivity contribution in [2.75, 3.05) is 0 Å². The summed E-state index contributed by atoms with van der Waals surface area (Å²) in [4.78, 5) is 26.6. The van der Waals surface area contributed by atoms with Gasteiger partial charge in [-0.05, 0) is 11.4 Å². The fraction of sp³-hybridized carbons (Fsp3) is 0.100. The first kappa shape index (κ1) is 9.29. The average molecular weight is 232 g/mol. The molecule has 0 saturated carbocycles. The summed E-state index contributed by atoms with van der Waals surface area (Å²) in [7, 11) is 0. The van der Waals surface area contributed by atoms with Crippen molar-refractivity contribution in [3.63, 3.8) is 0 Å². The molecular weight excluding hydrogens is 224 g/mol. The third-order valence-corrected chi connectivity index (χ3v) is 3.14. The van der Waals surface area contributed by atoms with E-state index in [1.807, 2.05) is 17.5 Å². The molecule has 5 nitrogen and oxygen atoms in total. The zero-order valence-corrected chi connectivity index (χ0v) is 9.04. The Hall–Kier alpha value is -1.95. The minimum atomic E-state index is -0.172. The largest absolute Gasteiger partial charge is 0.339 e. The van der Waals surface area contributed by atoms with Crippen molar-refractivity contribution < 1.29 is 0 Å². The molecule has 0 saturated heterocycles. The summed E-state index contributed by atoms with van der Waals surface area (Å²) in [6.45, 7) is 0. The molecule has 3 aromatic rings. The van der Waals surface area contributed by atoms with Gasteiger partial charge in [-0.2, -0.15) is 0 Å². The van der Waals surface area contributed by atoms with E-state index in [1.54, 1.807) is 11.3 Å². The molecular formula is C10H8N4OS. The fourth-order valence-corrected chi connectivity index (χ4v) is 2.26. The molecule has 0 spiro atoms. The fourth-order valence-electron chi connectivity index (χ4n) is 1.55. The highest BCUT2D eigenvalue weighted by Crippen LogP contribution is 2.12. The van der Waals surface area contributed by atoms with Gasteiger partial charge in [-0.1, -0.05) is 6.07 Å². The second-order valence-electron chi connectivity index (χ2n) is 3.37. The molecule has 0 unspecified atom stereocenters. The molecule has 0 amide bonds. The zero-order valence-electron chi connectivity index (χ0n) is 8.23. The van der Waals surface area contributed by atoms with Crippen molar-refractivity contribution in [2.24, 2.45) is 0 Å². The van der Waals surface area contributed by atoms with Gasteiger partial charge in [0, 0.05) is 11.3 Å². The maximum atomic E-state index is 11.6. The number of imidazole rings is 1. The van der Waals surface area contributed by atoms with Gasteiger partial charge in [0.2, 0.25) is 0 Å². The highest BCUT2D eigenvalue weighted by molar-refractivity contribution is 7.09. The van der Waals surface area contributed by atoms with Crippen molar-refractivity contribution in [1.82, 2.24) is 19.9 Å². The molecule has 80 valence electrons. The number of fused-ring (bicyclic) bond motifs is 1. The summed E-state index contributed by atoms with van der Waals surface area (Å²) >= 11 is 1.64. The number of H-pyrrole nitrogens is 2. The quantitative estimate of drug-likeness (QED) is 0.699. The van der Waals surface area contributed by atoms with Crippen LogP contribution in [0.1, 0.15) is 10.7 Å². The molecule has 0 aliphatic heterocycles. The first-order chi connectivity index (χ1) is 7.83. The smallest absolute Gasteiger partial charge is 0.276 e. The van der Waals surface area contributed by atoms with E-state index >= 15 is 0 Å². The molecule has 16 heavy (non-hydrogen) atoms. The van der Waals surface area contributed by atoms with Crippen LogP contribution >= 0.6 is 11.3 Å². The van der Waals surface area contributed by atoms with Crippen LogP contribution in [0, 0.1) is 0 Å². The van der Waals surface area contributed by atoms with E-state index in [1.165, 1.54) is 6.33 Å². The average Bonchev–Trinajstić information content (AvgIpc) is 2.87. The Morgan fingerprint density at radius 3 is 3.19 bits per heavy atom. The van der Waals surface area contributed by atoms with Gasteiger partial charge < -0.3 is 9.97 Å². The number of thiophene rings is 1. The summed E-state index contributed by atoms with van der Waals surface area (Å²) in [6.07, 6.45) is 2.11. The Bertz CT molecular complexity index is 668. The van der Waals surface area contributed by atoms with Gasteiger partial charge in [0.1, 0.15) is 5.82 Å². The Labute approximate surface area is 94.2 Å². The molecule has 3 heterocycles. The predicted molar refractivity (Wildman–Crippen MR) is 61.6 cm³/mol. The van der Waals surface area contributed by atoms with Crippen LogP contribution in [0.2, 0.25) is 0 Å². The van der Waals surface area contributed by atoms with Crippen LogP contribution in [0.15, 0.2) is 28.6 Å². The van der Waals surface area contributed by atoms with Gasteiger partial charge in [-0.25, -0.2) is 9.97 Å². The first-order valence-electron chi connectivity index (χ1n) is 4.77. The van der Waals surface area contributed by atoms with Crippen molar-refractivity contribution in [1.29, 1.82) is 0 Å². The van der Waals surface area contributed by atoms with E-state index in [0.29, 0.717) is 23.4 Å². The van der Waals surface area contributed by atoms with Crippen molar-refractivity contribution in [2.45, 2.75) is 6.42 Å². The second-order valence-corrected chi connectivity index (χ2v) is 4.40. The van der Waals surface area contributed by atoms with Crippen LogP contribution in [0.4, 0.5) is 0 Å². The minimum absolute atomic E-state index is 0.172. The first-order valence-corrected chi connectivity index (χ1v) is 5.65. The van der Waals surface area contributed by atoms with E-state index in [9.17, 15) is 4.79 Å². The molecule has 0 atom stereocenters. The molecule has 6 heteroatoms. The molecule has 0 aliphatic rings. The standard InChI is InChI=1S/C10H8N4OS/c15-10-8-9(12-5-11-8)13-7(14-10)4-6-2-1-3-16-6/h1-3,5H,4H2,(H2,11,12,13,14,15). The van der Waals surface area contributed by atoms with Gasteiger partial charge in [-0.3, -0.25) is 4.79 Å². The topological polar surface area (TPSA) is 74.4 Å². The maximum Gasteiger partial charge on any atom is 0.276 e. The zero-order chi connectivity index (χ0) is 11.0. The van der Waals surface area contributed by atoms with Crippen molar-refractivity contribution in [3.8, 4) is 0 Å². The Morgan fingerprint density at radius 1 is 1.44 bits per heavy atom. The van der Waals surface area contributed by atoms with Gasteiger partial charge in [-0.15, -0.1) is 11.3 Å². The van der Waals surface area contributed by atoms with Crippen LogP contribution in [-0.2, 0) is 6.42 Å². The number of rotatable bonds is 2. The van der Waals surface area contributed by atoms with E-state index in [0.717, 1.165) is 4.88 Å². The number of aromatic nitrogens is 4. The lowest BCUT2D eigenvalue weighted by Crippen LogP contribution is -2.11. The molecule has 0 fully saturated rings. The van der Waals surface area contributed by atoms with Crippen LogP contribution in [-0.4, -0.2) is 19.9 Å². The number of hydrogen-bond donors (Lipinski definition) is 2. The van der Waals surface area contributed by atoms with Crippen LogP contribution in [0.3, 0.4) is 0 Å². The Morgan fingerprint density at radius 2 is 2.38 bits per heavy atom. The summed E-state index contributed by atoms with van der Waals surface area (Å²) in [5.74, 6) is 0.645. The highest BCUT2D eigenvalue weighted by Gasteiger charge is 2.06. The number of nitrogens with one attached hydrogen (secondary N) is 2. The second kappa shape index (κ2) is 3.57. The van der Waals surface area contributed by atoms with Crippen LogP contribution in [0.25, 0.3) is 11.2 Å². The van der Waals surface area contributed by atoms with Crippen LogP contribution < -0.4 is 5.56 Å². The maximum absolute atomic E-state index is 11.6. The van der Waals surface area contributed by atoms with E-state index < -0.39 is 0 Å². The van der Waals surface area contributed by atoms with Gasteiger partial charge in [0.05, 0.1) is 6.33 Å². The van der Waals surface area contributed by atoms with Gasteiger partial charge in [0.15, 0.2) is 11.2 Å². The molecule has 0 bridgehead atoms. The molecule has 0 aromatic carbocycles.